The molecule has 3 aromatic heterocycles. The van der Waals surface area contributed by atoms with Crippen molar-refractivity contribution in [3.8, 4) is 17.0 Å². The van der Waals surface area contributed by atoms with E-state index in [0.717, 1.165) is 21.9 Å². The van der Waals surface area contributed by atoms with Crippen LogP contribution in [0.15, 0.2) is 61.4 Å². The molecule has 1 aliphatic heterocycles. The molecule has 2 aromatic carbocycles. The number of nitrogen functional groups attached to an aromatic ring is 1. The van der Waals surface area contributed by atoms with Crippen molar-refractivity contribution in [1.29, 1.82) is 0 Å². The molecule has 0 unspecified atom stereocenters. The van der Waals surface area contributed by atoms with Crippen LogP contribution in [0.1, 0.15) is 22.3 Å². The smallest absolute Gasteiger partial charge is 0.346 e. The first kappa shape index (κ1) is 27.7. The second kappa shape index (κ2) is 11.4. The second-order valence-corrected chi connectivity index (χ2v) is 10.0. The average Bonchev–Trinajstić information content (AvgIpc) is 3.76. The van der Waals surface area contributed by atoms with Gasteiger partial charge in [-0.2, -0.15) is 14.9 Å². The standard InChI is InChI=1S/C28H27FN10O4/c1-43-22-7-6-18(29)8-21(22)27(41)32-10-16-2-4-17(5-3-16)24-23-25(30)33-14-34-26(23)38(36-24)11-19-9-20(40)12-37(19)28(42)39-15-31-13-35-39/h2-8,13-15,19-20,40H,9-12H2,1H3,(H,32,41)(H2,30,33,34)/t19-,20+/m0/s1. The van der Waals surface area contributed by atoms with Gasteiger partial charge < -0.3 is 25.8 Å². The molecular formula is C28H27FN10O4. The Morgan fingerprint density at radius 2 is 1.98 bits per heavy atom. The number of fused-ring (bicyclic) bond motifs is 1. The summed E-state index contributed by atoms with van der Waals surface area (Å²) >= 11 is 0. The van der Waals surface area contributed by atoms with Gasteiger partial charge in [0, 0.05) is 18.7 Å². The molecule has 1 aliphatic rings. The van der Waals surface area contributed by atoms with Crippen LogP contribution in [0.5, 0.6) is 5.75 Å². The third-order valence-corrected chi connectivity index (χ3v) is 7.28. The Balaban J connectivity index is 1.23. The maximum atomic E-state index is 13.7. The number of nitrogens with two attached hydrogens (primary N) is 1. The molecule has 220 valence electrons. The van der Waals surface area contributed by atoms with Crippen LogP contribution >= 0.6 is 0 Å². The van der Waals surface area contributed by atoms with Crippen LogP contribution in [-0.4, -0.2) is 82.3 Å². The summed E-state index contributed by atoms with van der Waals surface area (Å²) in [4.78, 5) is 39.6. The quantitative estimate of drug-likeness (QED) is 0.255. The van der Waals surface area contributed by atoms with Gasteiger partial charge in [0.25, 0.3) is 5.91 Å². The minimum Gasteiger partial charge on any atom is -0.496 e. The number of anilines is 1. The van der Waals surface area contributed by atoms with E-state index >= 15 is 0 Å². The topological polar surface area (TPSA) is 179 Å². The van der Waals surface area contributed by atoms with Crippen molar-refractivity contribution in [1.82, 2.24) is 44.7 Å². The first-order valence-corrected chi connectivity index (χ1v) is 13.3. The summed E-state index contributed by atoms with van der Waals surface area (Å²) < 4.78 is 21.7. The zero-order chi connectivity index (χ0) is 30.1. The Labute approximate surface area is 243 Å². The van der Waals surface area contributed by atoms with Crippen LogP contribution in [0.3, 0.4) is 0 Å². The number of nitrogens with one attached hydrogen (secondary N) is 1. The molecule has 5 aromatic rings. The summed E-state index contributed by atoms with van der Waals surface area (Å²) in [6.07, 6.45) is 3.58. The number of hydrogen-bond acceptors (Lipinski definition) is 10. The number of benzene rings is 2. The van der Waals surface area contributed by atoms with Crippen LogP contribution in [-0.2, 0) is 13.1 Å². The number of aliphatic hydroxyl groups is 1. The van der Waals surface area contributed by atoms with E-state index in [1.807, 2.05) is 24.3 Å². The minimum atomic E-state index is -0.700. The summed E-state index contributed by atoms with van der Waals surface area (Å²) in [5.41, 5.74) is 8.92. The second-order valence-electron chi connectivity index (χ2n) is 10.0. The fourth-order valence-corrected chi connectivity index (χ4v) is 5.21. The Bertz CT molecular complexity index is 1790. The highest BCUT2D eigenvalue weighted by atomic mass is 19.1. The highest BCUT2D eigenvalue weighted by molar-refractivity contribution is 5.98. The number of ether oxygens (including phenoxy) is 1. The van der Waals surface area contributed by atoms with E-state index in [9.17, 15) is 19.1 Å². The van der Waals surface area contributed by atoms with Gasteiger partial charge in [-0.1, -0.05) is 24.3 Å². The van der Waals surface area contributed by atoms with E-state index in [2.05, 4.69) is 25.4 Å². The Morgan fingerprint density at radius 3 is 2.72 bits per heavy atom. The van der Waals surface area contributed by atoms with Crippen molar-refractivity contribution in [3.63, 3.8) is 0 Å². The monoisotopic (exact) mass is 586 g/mol. The third-order valence-electron chi connectivity index (χ3n) is 7.28. The number of carbonyl (C=O) groups excluding carboxylic acids is 2. The summed E-state index contributed by atoms with van der Waals surface area (Å²) in [5, 5.41) is 22.4. The Morgan fingerprint density at radius 1 is 1.16 bits per heavy atom. The normalized spacial score (nSPS) is 16.5. The number of aromatic nitrogens is 7. The molecule has 0 radical (unpaired) electrons. The van der Waals surface area contributed by atoms with Gasteiger partial charge in [-0.25, -0.2) is 28.8 Å². The predicted molar refractivity (Wildman–Crippen MR) is 151 cm³/mol. The van der Waals surface area contributed by atoms with Gasteiger partial charge in [0.2, 0.25) is 0 Å². The maximum absolute atomic E-state index is 13.7. The van der Waals surface area contributed by atoms with E-state index in [-0.39, 0.29) is 42.8 Å². The van der Waals surface area contributed by atoms with Crippen molar-refractivity contribution in [2.45, 2.75) is 31.7 Å². The van der Waals surface area contributed by atoms with Crippen molar-refractivity contribution >= 4 is 28.8 Å². The SMILES string of the molecule is COc1ccc(F)cc1C(=O)NCc1ccc(-c2nn(C[C@@H]3C[C@@H](O)CN3C(=O)n3cncn3)c3ncnc(N)c23)cc1. The number of likely N-dealkylation sites (tertiary alicyclic amines) is 1. The van der Waals surface area contributed by atoms with Gasteiger partial charge in [0.1, 0.15) is 42.1 Å². The number of amides is 2. The fourth-order valence-electron chi connectivity index (χ4n) is 5.21. The molecule has 14 nitrogen and oxygen atoms in total. The van der Waals surface area contributed by atoms with E-state index in [4.69, 9.17) is 15.6 Å². The van der Waals surface area contributed by atoms with Crippen LogP contribution in [0.25, 0.3) is 22.3 Å². The van der Waals surface area contributed by atoms with Crippen LogP contribution in [0.2, 0.25) is 0 Å². The summed E-state index contributed by atoms with van der Waals surface area (Å²) in [7, 11) is 1.41. The van der Waals surface area contributed by atoms with Gasteiger partial charge in [-0.15, -0.1) is 0 Å². The summed E-state index contributed by atoms with van der Waals surface area (Å²) in [5.74, 6) is -0.490. The lowest BCUT2D eigenvalue weighted by atomic mass is 10.1. The van der Waals surface area contributed by atoms with Gasteiger partial charge in [0.15, 0.2) is 5.65 Å². The Kier molecular flexibility index (Phi) is 7.38. The number of hydrogen-bond donors (Lipinski definition) is 3. The molecule has 0 saturated carbocycles. The molecule has 0 spiro atoms. The number of nitrogens with zero attached hydrogens (tertiary/aromatic N) is 8. The lowest BCUT2D eigenvalue weighted by Crippen LogP contribution is -2.41. The number of β-amino-alcohol motifs (C(OH)–C–C–N with tert-alkyl or cyclic N) is 1. The molecule has 0 bridgehead atoms. The zero-order valence-corrected chi connectivity index (χ0v) is 23.0. The van der Waals surface area contributed by atoms with Gasteiger partial charge in [0.05, 0.1) is 36.8 Å². The zero-order valence-electron chi connectivity index (χ0n) is 23.0. The first-order chi connectivity index (χ1) is 20.8. The molecule has 2 amide bonds. The molecule has 4 heterocycles. The number of aliphatic hydroxyl groups excluding tert-OH is 1. The summed E-state index contributed by atoms with van der Waals surface area (Å²) in [6, 6.07) is 10.3. The first-order valence-electron chi connectivity index (χ1n) is 13.3. The average molecular weight is 587 g/mol. The van der Waals surface area contributed by atoms with Crippen molar-refractivity contribution in [2.24, 2.45) is 0 Å². The molecule has 43 heavy (non-hydrogen) atoms. The van der Waals surface area contributed by atoms with Crippen LogP contribution in [0.4, 0.5) is 15.0 Å². The molecule has 15 heteroatoms. The molecule has 0 aliphatic carbocycles. The number of rotatable bonds is 7. The molecule has 2 atom stereocenters. The van der Waals surface area contributed by atoms with E-state index in [1.54, 1.807) is 9.58 Å². The number of halogens is 1. The lowest BCUT2D eigenvalue weighted by Gasteiger charge is -2.23. The minimum absolute atomic E-state index is 0.0999. The number of methoxy groups -OCH3 is 1. The molecule has 4 N–H and O–H groups in total. The van der Waals surface area contributed by atoms with Crippen molar-refractivity contribution in [3.05, 3.63) is 78.4 Å². The Hall–Kier alpha value is -5.44. The highest BCUT2D eigenvalue weighted by Gasteiger charge is 2.36. The molecule has 1 saturated heterocycles. The largest absolute Gasteiger partial charge is 0.496 e. The van der Waals surface area contributed by atoms with Gasteiger partial charge in [-0.3, -0.25) is 4.79 Å². The van der Waals surface area contributed by atoms with Crippen molar-refractivity contribution < 1.29 is 23.8 Å². The maximum Gasteiger partial charge on any atom is 0.346 e. The highest BCUT2D eigenvalue weighted by Crippen LogP contribution is 2.31. The predicted octanol–water partition coefficient (Wildman–Crippen LogP) is 1.85. The molecule has 1 fully saturated rings. The van der Waals surface area contributed by atoms with Crippen LogP contribution in [0, 0.1) is 5.82 Å². The summed E-state index contributed by atoms with van der Waals surface area (Å²) in [6.45, 7) is 0.591. The van der Waals surface area contributed by atoms with Gasteiger partial charge >= 0.3 is 6.03 Å². The van der Waals surface area contributed by atoms with E-state index in [0.29, 0.717) is 23.1 Å². The number of carbonyl (C=O) groups is 2. The van der Waals surface area contributed by atoms with E-state index in [1.165, 1.54) is 38.2 Å². The third kappa shape index (κ3) is 5.44. The van der Waals surface area contributed by atoms with Crippen LogP contribution < -0.4 is 15.8 Å². The van der Waals surface area contributed by atoms with Gasteiger partial charge in [-0.05, 0) is 30.2 Å². The molecule has 6 rings (SSSR count). The van der Waals surface area contributed by atoms with E-state index < -0.39 is 23.9 Å². The lowest BCUT2D eigenvalue weighted by molar-refractivity contribution is 0.0947. The van der Waals surface area contributed by atoms with Crippen molar-refractivity contribution in [2.75, 3.05) is 19.4 Å². The fraction of sp³-hybridized carbons (Fsp3) is 0.250. The molecular weight excluding hydrogens is 559 g/mol.